The lowest BCUT2D eigenvalue weighted by Crippen LogP contribution is -2.05. The van der Waals surface area contributed by atoms with Gasteiger partial charge in [-0.3, -0.25) is 4.79 Å². The molecule has 0 aliphatic rings. The summed E-state index contributed by atoms with van der Waals surface area (Å²) < 4.78 is 25.9. The maximum absolute atomic E-state index is 13.0. The molecule has 1 aromatic carbocycles. The molecule has 70 valence electrons. The first-order valence-electron chi connectivity index (χ1n) is 3.61. The van der Waals surface area contributed by atoms with Crippen molar-refractivity contribution in [2.45, 2.75) is 6.92 Å². The molecule has 0 saturated heterocycles. The molecule has 1 aromatic rings. The van der Waals surface area contributed by atoms with Crippen LogP contribution in [0.5, 0.6) is 0 Å². The van der Waals surface area contributed by atoms with Gasteiger partial charge in [-0.25, -0.2) is 8.78 Å². The molecule has 0 aliphatic heterocycles. The zero-order chi connectivity index (χ0) is 10.0. The van der Waals surface area contributed by atoms with Crippen LogP contribution in [-0.2, 0) is 0 Å². The highest BCUT2D eigenvalue weighted by molar-refractivity contribution is 6.30. The molecular weight excluding hydrogens is 198 g/mol. The number of benzene rings is 1. The van der Waals surface area contributed by atoms with E-state index >= 15 is 0 Å². The Kier molecular flexibility index (Phi) is 2.98. The lowest BCUT2D eigenvalue weighted by atomic mass is 10.1. The third kappa shape index (κ3) is 2.04. The number of carbonyl (C=O) groups excluding carboxylic acids is 1. The number of hydrogen-bond acceptors (Lipinski definition) is 1. The van der Waals surface area contributed by atoms with Crippen molar-refractivity contribution in [3.8, 4) is 0 Å². The van der Waals surface area contributed by atoms with Crippen molar-refractivity contribution in [1.82, 2.24) is 0 Å². The Bertz CT molecular complexity index is 350. The van der Waals surface area contributed by atoms with Gasteiger partial charge in [-0.1, -0.05) is 0 Å². The van der Waals surface area contributed by atoms with Crippen LogP contribution in [0.15, 0.2) is 12.1 Å². The number of alkyl halides is 1. The van der Waals surface area contributed by atoms with Gasteiger partial charge in [-0.05, 0) is 24.6 Å². The third-order valence-corrected chi connectivity index (χ3v) is 1.91. The Morgan fingerprint density at radius 3 is 2.54 bits per heavy atom. The summed E-state index contributed by atoms with van der Waals surface area (Å²) >= 11 is 5.21. The maximum Gasteiger partial charge on any atom is 0.180 e. The van der Waals surface area contributed by atoms with E-state index < -0.39 is 17.4 Å². The molecule has 0 aromatic heterocycles. The molecule has 0 heterocycles. The molecule has 0 spiro atoms. The Morgan fingerprint density at radius 2 is 2.00 bits per heavy atom. The van der Waals surface area contributed by atoms with Crippen LogP contribution in [0.1, 0.15) is 15.9 Å². The van der Waals surface area contributed by atoms with Gasteiger partial charge in [0, 0.05) is 0 Å². The van der Waals surface area contributed by atoms with Crippen molar-refractivity contribution in [2.75, 3.05) is 5.88 Å². The van der Waals surface area contributed by atoms with E-state index in [1.165, 1.54) is 6.92 Å². The number of ketones is 1. The number of halogens is 3. The van der Waals surface area contributed by atoms with E-state index in [9.17, 15) is 13.6 Å². The Labute approximate surface area is 79.3 Å². The fourth-order valence-corrected chi connectivity index (χ4v) is 1.08. The van der Waals surface area contributed by atoms with Gasteiger partial charge in [-0.2, -0.15) is 0 Å². The summed E-state index contributed by atoms with van der Waals surface area (Å²) in [6.07, 6.45) is 0. The summed E-state index contributed by atoms with van der Waals surface area (Å²) in [5.41, 5.74) is -0.123. The second kappa shape index (κ2) is 3.83. The quantitative estimate of drug-likeness (QED) is 0.535. The van der Waals surface area contributed by atoms with Crippen LogP contribution >= 0.6 is 11.6 Å². The summed E-state index contributed by atoms with van der Waals surface area (Å²) in [4.78, 5) is 11.0. The largest absolute Gasteiger partial charge is 0.293 e. The van der Waals surface area contributed by atoms with Crippen molar-refractivity contribution < 1.29 is 13.6 Å². The van der Waals surface area contributed by atoms with Crippen molar-refractivity contribution in [1.29, 1.82) is 0 Å². The Morgan fingerprint density at radius 1 is 1.38 bits per heavy atom. The molecule has 0 fully saturated rings. The normalized spacial score (nSPS) is 10.2. The van der Waals surface area contributed by atoms with Crippen LogP contribution in [0, 0.1) is 18.6 Å². The first kappa shape index (κ1) is 10.1. The van der Waals surface area contributed by atoms with Gasteiger partial charge in [-0.15, -0.1) is 11.6 Å². The number of hydrogen-bond donors (Lipinski definition) is 0. The van der Waals surface area contributed by atoms with Crippen LogP contribution < -0.4 is 0 Å². The summed E-state index contributed by atoms with van der Waals surface area (Å²) in [6.45, 7) is 1.42. The summed E-state index contributed by atoms with van der Waals surface area (Å²) in [5, 5.41) is 0. The van der Waals surface area contributed by atoms with Crippen LogP contribution in [0.3, 0.4) is 0 Å². The molecule has 0 saturated carbocycles. The standard InChI is InChI=1S/C9H7ClF2O/c1-5-2-8(12)6(3-7(5)11)9(13)4-10/h2-3H,4H2,1H3. The average molecular weight is 205 g/mol. The van der Waals surface area contributed by atoms with E-state index in [-0.39, 0.29) is 17.0 Å². The van der Waals surface area contributed by atoms with Crippen molar-refractivity contribution in [3.63, 3.8) is 0 Å². The Hall–Kier alpha value is -0.960. The van der Waals surface area contributed by atoms with E-state index in [2.05, 4.69) is 0 Å². The van der Waals surface area contributed by atoms with Crippen LogP contribution in [0.2, 0.25) is 0 Å². The lowest BCUT2D eigenvalue weighted by Gasteiger charge is -2.02. The molecule has 0 aliphatic carbocycles. The molecule has 0 atom stereocenters. The molecule has 0 radical (unpaired) electrons. The fraction of sp³-hybridized carbons (Fsp3) is 0.222. The topological polar surface area (TPSA) is 17.1 Å². The predicted octanol–water partition coefficient (Wildman–Crippen LogP) is 2.69. The minimum absolute atomic E-state index is 0.170. The molecule has 4 heteroatoms. The zero-order valence-corrected chi connectivity index (χ0v) is 7.66. The maximum atomic E-state index is 13.0. The Balaban J connectivity index is 3.23. The summed E-state index contributed by atoms with van der Waals surface area (Å²) in [5.74, 6) is -2.29. The summed E-state index contributed by atoms with van der Waals surface area (Å²) in [6, 6.07) is 1.85. The molecule has 0 unspecified atom stereocenters. The fourth-order valence-electron chi connectivity index (χ4n) is 0.932. The number of aryl methyl sites for hydroxylation is 1. The molecular formula is C9H7ClF2O. The highest BCUT2D eigenvalue weighted by Crippen LogP contribution is 2.14. The van der Waals surface area contributed by atoms with Crippen LogP contribution in [0.4, 0.5) is 8.78 Å². The summed E-state index contributed by atoms with van der Waals surface area (Å²) in [7, 11) is 0. The zero-order valence-electron chi connectivity index (χ0n) is 6.90. The molecule has 13 heavy (non-hydrogen) atoms. The molecule has 0 N–H and O–H groups in total. The van der Waals surface area contributed by atoms with Gasteiger partial charge >= 0.3 is 0 Å². The van der Waals surface area contributed by atoms with Crippen molar-refractivity contribution in [2.24, 2.45) is 0 Å². The highest BCUT2D eigenvalue weighted by Gasteiger charge is 2.13. The molecule has 1 nitrogen and oxygen atoms in total. The monoisotopic (exact) mass is 204 g/mol. The van der Waals surface area contributed by atoms with E-state index in [0.717, 1.165) is 12.1 Å². The van der Waals surface area contributed by atoms with Gasteiger partial charge in [0.25, 0.3) is 0 Å². The van der Waals surface area contributed by atoms with Crippen LogP contribution in [-0.4, -0.2) is 11.7 Å². The first-order chi connectivity index (χ1) is 6.06. The second-order valence-corrected chi connectivity index (χ2v) is 2.91. The smallest absolute Gasteiger partial charge is 0.180 e. The van der Waals surface area contributed by atoms with Gasteiger partial charge in [0.2, 0.25) is 0 Å². The van der Waals surface area contributed by atoms with Gasteiger partial charge < -0.3 is 0 Å². The average Bonchev–Trinajstić information content (AvgIpc) is 2.10. The molecule has 1 rings (SSSR count). The van der Waals surface area contributed by atoms with Crippen molar-refractivity contribution in [3.05, 3.63) is 34.9 Å². The highest BCUT2D eigenvalue weighted by atomic mass is 35.5. The van der Waals surface area contributed by atoms with E-state index in [1.807, 2.05) is 0 Å². The SMILES string of the molecule is Cc1cc(F)c(C(=O)CCl)cc1F. The van der Waals surface area contributed by atoms with Crippen molar-refractivity contribution >= 4 is 17.4 Å². The number of Topliss-reactive ketones (excluding diaryl/α,β-unsaturated/α-hetero) is 1. The van der Waals surface area contributed by atoms with Gasteiger partial charge in [0.15, 0.2) is 5.78 Å². The minimum Gasteiger partial charge on any atom is -0.293 e. The molecule has 0 amide bonds. The second-order valence-electron chi connectivity index (χ2n) is 2.64. The van der Waals surface area contributed by atoms with E-state index in [1.54, 1.807) is 0 Å². The van der Waals surface area contributed by atoms with Gasteiger partial charge in [0.1, 0.15) is 11.6 Å². The van der Waals surface area contributed by atoms with Crippen LogP contribution in [0.25, 0.3) is 0 Å². The minimum atomic E-state index is -0.732. The lowest BCUT2D eigenvalue weighted by molar-refractivity contribution is 0.101. The number of rotatable bonds is 2. The van der Waals surface area contributed by atoms with E-state index in [4.69, 9.17) is 11.6 Å². The molecule has 0 bridgehead atoms. The third-order valence-electron chi connectivity index (χ3n) is 1.67. The first-order valence-corrected chi connectivity index (χ1v) is 4.14. The number of carbonyl (C=O) groups is 1. The van der Waals surface area contributed by atoms with Gasteiger partial charge in [0.05, 0.1) is 11.4 Å². The predicted molar refractivity (Wildman–Crippen MR) is 46.1 cm³/mol. The van der Waals surface area contributed by atoms with E-state index in [0.29, 0.717) is 0 Å².